The van der Waals surface area contributed by atoms with Gasteiger partial charge in [0.2, 0.25) is 0 Å². The van der Waals surface area contributed by atoms with E-state index in [-0.39, 0.29) is 28.1 Å². The summed E-state index contributed by atoms with van der Waals surface area (Å²) >= 11 is 0. The number of aryl methyl sites for hydroxylation is 1. The molecule has 0 spiro atoms. The van der Waals surface area contributed by atoms with E-state index in [0.29, 0.717) is 10.9 Å². The first kappa shape index (κ1) is 32.9. The molecule has 3 aromatic rings. The zero-order valence-electron chi connectivity index (χ0n) is 26.3. The predicted molar refractivity (Wildman–Crippen MR) is 162 cm³/mol. The Bertz CT molecular complexity index is 1500. The third-order valence-electron chi connectivity index (χ3n) is 5.44. The fourth-order valence-electron chi connectivity index (χ4n) is 3.95. The molecular formula is C33H39NO9. The molecule has 43 heavy (non-hydrogen) atoms. The number of para-hydroxylation sites is 1. The molecule has 0 aliphatic rings. The van der Waals surface area contributed by atoms with Crippen molar-refractivity contribution < 1.29 is 42.9 Å². The SMILES string of the molecule is Cc1cc2c(N(C(=O)OC(C)(C)C)C(=O)OC(C)(C)C)cccc2c(OC(=O)OC(C)(C)C)c1C(=O)Oc1ccccc1. The minimum absolute atomic E-state index is 0.0413. The van der Waals surface area contributed by atoms with Gasteiger partial charge in [-0.1, -0.05) is 30.3 Å². The molecule has 0 N–H and O–H groups in total. The minimum Gasteiger partial charge on any atom is -0.443 e. The van der Waals surface area contributed by atoms with Crippen LogP contribution in [0, 0.1) is 6.92 Å². The smallest absolute Gasteiger partial charge is 0.443 e. The molecule has 0 heterocycles. The molecular weight excluding hydrogens is 554 g/mol. The van der Waals surface area contributed by atoms with Gasteiger partial charge in [0.1, 0.15) is 28.1 Å². The number of carbonyl (C=O) groups excluding carboxylic acids is 4. The third kappa shape index (κ3) is 8.94. The van der Waals surface area contributed by atoms with Gasteiger partial charge < -0.3 is 23.7 Å². The second-order valence-corrected chi connectivity index (χ2v) is 12.8. The average molecular weight is 594 g/mol. The van der Waals surface area contributed by atoms with Gasteiger partial charge in [-0.2, -0.15) is 4.90 Å². The fraction of sp³-hybridized carbons (Fsp3) is 0.394. The first-order valence-electron chi connectivity index (χ1n) is 13.8. The molecule has 0 saturated heterocycles. The largest absolute Gasteiger partial charge is 0.514 e. The molecule has 3 rings (SSSR count). The quantitative estimate of drug-likeness (QED) is 0.127. The lowest BCUT2D eigenvalue weighted by atomic mass is 9.98. The zero-order chi connectivity index (χ0) is 32.3. The van der Waals surface area contributed by atoms with Crippen molar-refractivity contribution in [2.45, 2.75) is 86.0 Å². The molecule has 0 bridgehead atoms. The molecule has 0 aliphatic carbocycles. The van der Waals surface area contributed by atoms with Crippen molar-refractivity contribution in [3.63, 3.8) is 0 Å². The van der Waals surface area contributed by atoms with E-state index >= 15 is 0 Å². The molecule has 0 fully saturated rings. The van der Waals surface area contributed by atoms with Gasteiger partial charge in [0.25, 0.3) is 0 Å². The number of hydrogen-bond donors (Lipinski definition) is 0. The molecule has 0 aliphatic heterocycles. The number of ether oxygens (including phenoxy) is 5. The highest BCUT2D eigenvalue weighted by Gasteiger charge is 2.35. The first-order chi connectivity index (χ1) is 19.8. The Morgan fingerprint density at radius 1 is 0.628 bits per heavy atom. The van der Waals surface area contributed by atoms with Crippen LogP contribution < -0.4 is 14.4 Å². The van der Waals surface area contributed by atoms with Crippen molar-refractivity contribution in [2.24, 2.45) is 0 Å². The number of hydrogen-bond acceptors (Lipinski definition) is 9. The van der Waals surface area contributed by atoms with Crippen molar-refractivity contribution in [3.8, 4) is 11.5 Å². The van der Waals surface area contributed by atoms with E-state index < -0.39 is 41.1 Å². The van der Waals surface area contributed by atoms with Crippen LogP contribution in [0.1, 0.15) is 78.2 Å². The summed E-state index contributed by atoms with van der Waals surface area (Å²) in [6, 6.07) is 14.7. The Morgan fingerprint density at radius 3 is 1.67 bits per heavy atom. The van der Waals surface area contributed by atoms with Gasteiger partial charge >= 0.3 is 24.3 Å². The fourth-order valence-corrected chi connectivity index (χ4v) is 3.95. The van der Waals surface area contributed by atoms with Gasteiger partial charge in [-0.05, 0) is 99.1 Å². The highest BCUT2D eigenvalue weighted by molar-refractivity contribution is 6.17. The second-order valence-electron chi connectivity index (χ2n) is 12.8. The number of amides is 2. The Morgan fingerprint density at radius 2 is 1.16 bits per heavy atom. The van der Waals surface area contributed by atoms with Crippen LogP contribution in [0.4, 0.5) is 20.1 Å². The molecule has 3 aromatic carbocycles. The highest BCUT2D eigenvalue weighted by atomic mass is 16.7. The number of rotatable bonds is 4. The number of carbonyl (C=O) groups is 4. The molecule has 230 valence electrons. The Labute approximate surface area is 251 Å². The Hall–Kier alpha value is -4.60. The van der Waals surface area contributed by atoms with E-state index in [4.69, 9.17) is 23.7 Å². The van der Waals surface area contributed by atoms with E-state index in [1.165, 1.54) is 6.07 Å². The van der Waals surface area contributed by atoms with Gasteiger partial charge in [-0.3, -0.25) is 0 Å². The van der Waals surface area contributed by atoms with Crippen molar-refractivity contribution in [1.29, 1.82) is 0 Å². The van der Waals surface area contributed by atoms with E-state index in [9.17, 15) is 19.2 Å². The lowest BCUT2D eigenvalue weighted by Crippen LogP contribution is -2.43. The highest BCUT2D eigenvalue weighted by Crippen LogP contribution is 2.39. The van der Waals surface area contributed by atoms with Crippen molar-refractivity contribution in [2.75, 3.05) is 4.90 Å². The van der Waals surface area contributed by atoms with Crippen LogP contribution in [-0.2, 0) is 14.2 Å². The maximum absolute atomic E-state index is 13.5. The summed E-state index contributed by atoms with van der Waals surface area (Å²) < 4.78 is 27.7. The summed E-state index contributed by atoms with van der Waals surface area (Å²) in [5.74, 6) is -0.670. The van der Waals surface area contributed by atoms with Crippen molar-refractivity contribution in [3.05, 3.63) is 65.7 Å². The van der Waals surface area contributed by atoms with Gasteiger partial charge in [0, 0.05) is 10.8 Å². The number of esters is 1. The van der Waals surface area contributed by atoms with E-state index in [2.05, 4.69) is 0 Å². The normalized spacial score (nSPS) is 11.9. The molecule has 2 amide bonds. The van der Waals surface area contributed by atoms with Gasteiger partial charge in [0.15, 0.2) is 5.75 Å². The van der Waals surface area contributed by atoms with Crippen LogP contribution in [0.3, 0.4) is 0 Å². The van der Waals surface area contributed by atoms with Crippen LogP contribution in [-0.4, -0.2) is 41.1 Å². The van der Waals surface area contributed by atoms with Gasteiger partial charge in [0.05, 0.1) is 5.69 Å². The van der Waals surface area contributed by atoms with Crippen LogP contribution >= 0.6 is 0 Å². The summed E-state index contributed by atoms with van der Waals surface area (Å²) in [4.78, 5) is 54.1. The second kappa shape index (κ2) is 12.3. The van der Waals surface area contributed by atoms with Gasteiger partial charge in [-0.15, -0.1) is 0 Å². The maximum atomic E-state index is 13.5. The number of imide groups is 1. The zero-order valence-corrected chi connectivity index (χ0v) is 26.3. The topological polar surface area (TPSA) is 118 Å². The number of nitrogens with zero attached hydrogens (tertiary/aromatic N) is 1. The summed E-state index contributed by atoms with van der Waals surface area (Å²) in [5, 5.41) is 0.526. The maximum Gasteiger partial charge on any atom is 0.514 e. The number of anilines is 1. The monoisotopic (exact) mass is 593 g/mol. The van der Waals surface area contributed by atoms with E-state index in [1.54, 1.807) is 118 Å². The summed E-state index contributed by atoms with van der Waals surface area (Å²) in [6.45, 7) is 16.6. The summed E-state index contributed by atoms with van der Waals surface area (Å²) in [7, 11) is 0. The molecule has 0 radical (unpaired) electrons. The molecule has 10 heteroatoms. The van der Waals surface area contributed by atoms with Crippen LogP contribution in [0.15, 0.2) is 54.6 Å². The lowest BCUT2D eigenvalue weighted by molar-refractivity contribution is 0.0205. The van der Waals surface area contributed by atoms with E-state index in [1.807, 2.05) is 0 Å². The average Bonchev–Trinajstić information content (AvgIpc) is 2.81. The Balaban J connectivity index is 2.29. The van der Waals surface area contributed by atoms with Crippen molar-refractivity contribution in [1.82, 2.24) is 0 Å². The summed E-state index contributed by atoms with van der Waals surface area (Å²) in [6.07, 6.45) is -3.02. The van der Waals surface area contributed by atoms with Gasteiger partial charge in [-0.25, -0.2) is 19.2 Å². The standard InChI is InChI=1S/C33H39NO9/c1-20-19-23-22(17-14-18-24(23)34(28(36)41-31(2,3)4)29(37)42-32(5,6)7)26(40-30(38)43-33(8,9)10)25(20)27(35)39-21-15-12-11-13-16-21/h11-19H,1-10H3. The van der Waals surface area contributed by atoms with Crippen LogP contribution in [0.5, 0.6) is 11.5 Å². The number of benzene rings is 3. The summed E-state index contributed by atoms with van der Waals surface area (Å²) in [5.41, 5.74) is -2.38. The number of fused-ring (bicyclic) bond motifs is 1. The molecule has 0 atom stereocenters. The van der Waals surface area contributed by atoms with Crippen LogP contribution in [0.25, 0.3) is 10.8 Å². The molecule has 0 saturated carbocycles. The van der Waals surface area contributed by atoms with Crippen molar-refractivity contribution >= 4 is 40.8 Å². The molecule has 10 nitrogen and oxygen atoms in total. The predicted octanol–water partition coefficient (Wildman–Crippen LogP) is 8.36. The van der Waals surface area contributed by atoms with E-state index in [0.717, 1.165) is 4.90 Å². The Kier molecular flexibility index (Phi) is 9.43. The molecule has 0 aromatic heterocycles. The third-order valence-corrected chi connectivity index (χ3v) is 5.44. The first-order valence-corrected chi connectivity index (χ1v) is 13.8. The minimum atomic E-state index is -1.06. The van der Waals surface area contributed by atoms with Crippen LogP contribution in [0.2, 0.25) is 0 Å². The molecule has 0 unspecified atom stereocenters. The lowest BCUT2D eigenvalue weighted by Gasteiger charge is -2.29.